The number of nitrogens with one attached hydrogen (secondary N) is 2. The van der Waals surface area contributed by atoms with Gasteiger partial charge in [-0.2, -0.15) is 15.4 Å². The van der Waals surface area contributed by atoms with E-state index in [0.717, 1.165) is 16.6 Å². The normalized spacial score (nSPS) is 12.0. The van der Waals surface area contributed by atoms with Crippen LogP contribution in [0.5, 0.6) is 0 Å². The Bertz CT molecular complexity index is 1040. The first-order valence-corrected chi connectivity index (χ1v) is 8.47. The summed E-state index contributed by atoms with van der Waals surface area (Å²) in [5, 5.41) is 13.6. The third kappa shape index (κ3) is 3.19. The number of H-pyrrole nitrogens is 1. The zero-order valence-electron chi connectivity index (χ0n) is 14.3. The number of hydrogen-bond acceptors (Lipinski definition) is 3. The molecule has 1 unspecified atom stereocenters. The van der Waals surface area contributed by atoms with Gasteiger partial charge in [0.1, 0.15) is 11.0 Å². The minimum Gasteiger partial charge on any atom is -0.346 e. The Morgan fingerprint density at radius 2 is 1.58 bits per heavy atom. The topological polar surface area (TPSA) is 70.7 Å². The van der Waals surface area contributed by atoms with Gasteiger partial charge in [-0.25, -0.2) is 0 Å². The summed E-state index contributed by atoms with van der Waals surface area (Å²) >= 11 is 0. The Balaban J connectivity index is 1.48. The highest BCUT2D eigenvalue weighted by Crippen LogP contribution is 2.22. The maximum absolute atomic E-state index is 12.5. The van der Waals surface area contributed by atoms with Crippen LogP contribution >= 0.6 is 0 Å². The van der Waals surface area contributed by atoms with E-state index in [0.29, 0.717) is 11.1 Å². The fraction of sp³-hybridized carbons (Fsp3) is 0.0952. The molecule has 1 amide bonds. The summed E-state index contributed by atoms with van der Waals surface area (Å²) in [5.74, 6) is -0.130. The molecule has 1 heterocycles. The second kappa shape index (κ2) is 6.80. The molecule has 0 radical (unpaired) electrons. The first-order valence-electron chi connectivity index (χ1n) is 8.47. The van der Waals surface area contributed by atoms with Crippen molar-refractivity contribution in [3.8, 4) is 11.1 Å². The molecular formula is C21H18N4O. The van der Waals surface area contributed by atoms with Crippen LogP contribution in [-0.4, -0.2) is 21.3 Å². The number of hydrogen-bond donors (Lipinski definition) is 2. The molecule has 2 N–H and O–H groups in total. The lowest BCUT2D eigenvalue weighted by molar-refractivity contribution is 0.0940. The summed E-state index contributed by atoms with van der Waals surface area (Å²) in [6, 6.07) is 23.7. The molecule has 0 aliphatic rings. The van der Waals surface area contributed by atoms with Crippen LogP contribution in [0.3, 0.4) is 0 Å². The fourth-order valence-corrected chi connectivity index (χ4v) is 2.94. The lowest BCUT2D eigenvalue weighted by atomic mass is 10.0. The van der Waals surface area contributed by atoms with Crippen molar-refractivity contribution in [1.29, 1.82) is 0 Å². The van der Waals surface area contributed by atoms with E-state index in [9.17, 15) is 4.79 Å². The van der Waals surface area contributed by atoms with E-state index >= 15 is 0 Å². The summed E-state index contributed by atoms with van der Waals surface area (Å²) < 4.78 is 0. The van der Waals surface area contributed by atoms with Crippen LogP contribution in [0.1, 0.15) is 28.9 Å². The highest BCUT2D eigenvalue weighted by Gasteiger charge is 2.13. The number of rotatable bonds is 4. The Morgan fingerprint density at radius 1 is 0.885 bits per heavy atom. The van der Waals surface area contributed by atoms with Crippen LogP contribution in [0, 0.1) is 0 Å². The molecule has 3 aromatic carbocycles. The van der Waals surface area contributed by atoms with E-state index in [1.165, 1.54) is 5.56 Å². The number of aromatic nitrogens is 3. The molecule has 0 aliphatic heterocycles. The third-order valence-electron chi connectivity index (χ3n) is 4.44. The van der Waals surface area contributed by atoms with Crippen molar-refractivity contribution >= 4 is 16.9 Å². The van der Waals surface area contributed by atoms with E-state index in [2.05, 4.69) is 45.0 Å². The number of fused-ring (bicyclic) bond motifs is 1. The molecule has 0 fully saturated rings. The molecule has 5 nitrogen and oxygen atoms in total. The highest BCUT2D eigenvalue weighted by molar-refractivity contribution is 5.97. The Hall–Kier alpha value is -3.47. The summed E-state index contributed by atoms with van der Waals surface area (Å²) in [4.78, 5) is 12.5. The molecule has 5 heteroatoms. The minimum absolute atomic E-state index is 0.0969. The summed E-state index contributed by atoms with van der Waals surface area (Å²) in [6.45, 7) is 1.98. The van der Waals surface area contributed by atoms with Gasteiger partial charge in [-0.1, -0.05) is 54.6 Å². The molecular weight excluding hydrogens is 324 g/mol. The van der Waals surface area contributed by atoms with Crippen LogP contribution in [0.4, 0.5) is 0 Å². The van der Waals surface area contributed by atoms with Crippen molar-refractivity contribution in [3.63, 3.8) is 0 Å². The lowest BCUT2D eigenvalue weighted by Gasteiger charge is -2.15. The zero-order valence-corrected chi connectivity index (χ0v) is 14.3. The molecule has 0 aliphatic carbocycles. The summed E-state index contributed by atoms with van der Waals surface area (Å²) in [6.07, 6.45) is 0. The van der Waals surface area contributed by atoms with Gasteiger partial charge in [0.15, 0.2) is 0 Å². The van der Waals surface area contributed by atoms with Gasteiger partial charge in [0.05, 0.1) is 6.04 Å². The molecule has 0 spiro atoms. The van der Waals surface area contributed by atoms with Gasteiger partial charge in [0.2, 0.25) is 0 Å². The smallest absolute Gasteiger partial charge is 0.251 e. The standard InChI is InChI=1S/C21H18N4O/c1-14(15-7-9-17(10-8-15)16-5-3-2-4-6-16)22-21(26)18-11-12-19-20(13-18)24-25-23-19/h2-14H,1H3,(H,22,26)(H,23,24,25). The Kier molecular flexibility index (Phi) is 4.19. The number of aromatic amines is 1. The Labute approximate surface area is 151 Å². The van der Waals surface area contributed by atoms with Crippen molar-refractivity contribution < 1.29 is 4.79 Å². The van der Waals surface area contributed by atoms with Crippen molar-refractivity contribution in [2.24, 2.45) is 0 Å². The molecule has 0 saturated heterocycles. The van der Waals surface area contributed by atoms with Crippen LogP contribution in [0.15, 0.2) is 72.8 Å². The SMILES string of the molecule is CC(NC(=O)c1ccc2n[nH]nc2c1)c1ccc(-c2ccccc2)cc1. The van der Waals surface area contributed by atoms with Gasteiger partial charge in [-0.3, -0.25) is 4.79 Å². The summed E-state index contributed by atoms with van der Waals surface area (Å²) in [7, 11) is 0. The molecule has 4 rings (SSSR count). The second-order valence-electron chi connectivity index (χ2n) is 6.21. The highest BCUT2D eigenvalue weighted by atomic mass is 16.1. The average molecular weight is 342 g/mol. The third-order valence-corrected chi connectivity index (χ3v) is 4.44. The van der Waals surface area contributed by atoms with Gasteiger partial charge in [-0.05, 0) is 41.8 Å². The maximum atomic E-state index is 12.5. The van der Waals surface area contributed by atoms with E-state index in [-0.39, 0.29) is 11.9 Å². The first kappa shape index (κ1) is 16.0. The number of benzene rings is 3. The predicted octanol–water partition coefficient (Wildman–Crippen LogP) is 4.12. The minimum atomic E-state index is -0.130. The van der Waals surface area contributed by atoms with Crippen LogP contribution in [0.2, 0.25) is 0 Å². The van der Waals surface area contributed by atoms with Gasteiger partial charge >= 0.3 is 0 Å². The van der Waals surface area contributed by atoms with Gasteiger partial charge in [-0.15, -0.1) is 0 Å². The maximum Gasteiger partial charge on any atom is 0.251 e. The van der Waals surface area contributed by atoms with Gasteiger partial charge in [0, 0.05) is 5.56 Å². The van der Waals surface area contributed by atoms with Crippen molar-refractivity contribution in [3.05, 3.63) is 83.9 Å². The fourth-order valence-electron chi connectivity index (χ4n) is 2.94. The monoisotopic (exact) mass is 342 g/mol. The number of carbonyl (C=O) groups is 1. The molecule has 0 saturated carbocycles. The number of amides is 1. The number of nitrogens with zero attached hydrogens (tertiary/aromatic N) is 2. The molecule has 128 valence electrons. The Morgan fingerprint density at radius 3 is 2.35 bits per heavy atom. The molecule has 26 heavy (non-hydrogen) atoms. The van der Waals surface area contributed by atoms with Crippen molar-refractivity contribution in [2.45, 2.75) is 13.0 Å². The van der Waals surface area contributed by atoms with E-state index < -0.39 is 0 Å². The van der Waals surface area contributed by atoms with Crippen molar-refractivity contribution in [2.75, 3.05) is 0 Å². The summed E-state index contributed by atoms with van der Waals surface area (Å²) in [5.41, 5.74) is 5.38. The average Bonchev–Trinajstić information content (AvgIpc) is 3.16. The molecule has 4 aromatic rings. The zero-order chi connectivity index (χ0) is 17.9. The van der Waals surface area contributed by atoms with Gasteiger partial charge < -0.3 is 5.32 Å². The van der Waals surface area contributed by atoms with Gasteiger partial charge in [0.25, 0.3) is 5.91 Å². The van der Waals surface area contributed by atoms with Crippen LogP contribution in [0.25, 0.3) is 22.2 Å². The van der Waals surface area contributed by atoms with E-state index in [1.807, 2.05) is 37.3 Å². The van der Waals surface area contributed by atoms with E-state index in [4.69, 9.17) is 0 Å². The van der Waals surface area contributed by atoms with Crippen molar-refractivity contribution in [1.82, 2.24) is 20.7 Å². The number of carbonyl (C=O) groups excluding carboxylic acids is 1. The second-order valence-corrected chi connectivity index (χ2v) is 6.21. The molecule has 1 atom stereocenters. The van der Waals surface area contributed by atoms with Crippen LogP contribution < -0.4 is 5.32 Å². The first-order chi connectivity index (χ1) is 12.7. The van der Waals surface area contributed by atoms with E-state index in [1.54, 1.807) is 18.2 Å². The van der Waals surface area contributed by atoms with Crippen LogP contribution in [-0.2, 0) is 0 Å². The largest absolute Gasteiger partial charge is 0.346 e. The predicted molar refractivity (Wildman–Crippen MR) is 102 cm³/mol. The molecule has 0 bridgehead atoms. The lowest BCUT2D eigenvalue weighted by Crippen LogP contribution is -2.26. The quantitative estimate of drug-likeness (QED) is 0.586. The molecule has 1 aromatic heterocycles.